The van der Waals surface area contributed by atoms with Crippen molar-refractivity contribution in [1.29, 1.82) is 0 Å². The molecule has 9 nitrogen and oxygen atoms in total. The molecule has 0 unspecified atom stereocenters. The van der Waals surface area contributed by atoms with Crippen molar-refractivity contribution in [3.8, 4) is 11.3 Å². The number of nitrogens with zero attached hydrogens (tertiary/aromatic N) is 5. The molecule has 1 fully saturated rings. The van der Waals surface area contributed by atoms with Crippen LogP contribution >= 0.6 is 11.6 Å². The predicted octanol–water partition coefficient (Wildman–Crippen LogP) is 5.60. The molecular formula is C29H34ClN7O2. The quantitative estimate of drug-likeness (QED) is 0.0975. The summed E-state index contributed by atoms with van der Waals surface area (Å²) >= 11 is 6.37. The summed E-state index contributed by atoms with van der Waals surface area (Å²) in [6.07, 6.45) is 3.92. The maximum atomic E-state index is 10.8. The molecule has 0 saturated heterocycles. The Morgan fingerprint density at radius 2 is 1.85 bits per heavy atom. The number of aliphatic hydroxyl groups is 1. The van der Waals surface area contributed by atoms with Crippen molar-refractivity contribution in [2.45, 2.75) is 58.2 Å². The number of nitrogens with one attached hydrogen (secondary N) is 1. The van der Waals surface area contributed by atoms with Crippen LogP contribution < -0.4 is 11.1 Å². The minimum absolute atomic E-state index is 0.0674. The van der Waals surface area contributed by atoms with Gasteiger partial charge in [-0.2, -0.15) is 4.98 Å². The molecule has 2 heterocycles. The molecule has 2 aromatic heterocycles. The Morgan fingerprint density at radius 3 is 2.51 bits per heavy atom. The van der Waals surface area contributed by atoms with Crippen LogP contribution in [0.25, 0.3) is 22.4 Å². The topological polar surface area (TPSA) is 134 Å². The van der Waals surface area contributed by atoms with Gasteiger partial charge in [0, 0.05) is 17.1 Å². The van der Waals surface area contributed by atoms with E-state index in [1.54, 1.807) is 13.0 Å². The molecule has 1 saturated carbocycles. The van der Waals surface area contributed by atoms with Gasteiger partial charge in [-0.05, 0) is 49.3 Å². The van der Waals surface area contributed by atoms with E-state index in [9.17, 15) is 10.3 Å². The first-order chi connectivity index (χ1) is 18.8. The van der Waals surface area contributed by atoms with E-state index in [1.165, 1.54) is 12.8 Å². The number of benzene rings is 2. The molecule has 10 heteroatoms. The van der Waals surface area contributed by atoms with Crippen LogP contribution in [0.3, 0.4) is 0 Å². The second-order valence-electron chi connectivity index (χ2n) is 10.5. The Labute approximate surface area is 232 Å². The van der Waals surface area contributed by atoms with Crippen LogP contribution in [0.2, 0.25) is 5.02 Å². The minimum atomic E-state index is -0.692. The van der Waals surface area contributed by atoms with E-state index in [0.29, 0.717) is 34.8 Å². The number of imidazole rings is 1. The van der Waals surface area contributed by atoms with E-state index < -0.39 is 12.1 Å². The van der Waals surface area contributed by atoms with E-state index in [-0.39, 0.29) is 11.7 Å². The molecule has 0 amide bonds. The first kappa shape index (κ1) is 26.9. The van der Waals surface area contributed by atoms with Crippen molar-refractivity contribution in [3.05, 3.63) is 71.0 Å². The summed E-state index contributed by atoms with van der Waals surface area (Å²) in [6, 6.07) is 16.8. The molecule has 1 aliphatic rings. The monoisotopic (exact) mass is 547 g/mol. The van der Waals surface area contributed by atoms with Gasteiger partial charge in [0.25, 0.3) is 0 Å². The SMILES string of the molecule is CC1CCC(Cn2c(N[C@H](c3ccccc3)[C@H](C)O)nc3nc(/C(N)=N/O)nc(-c4cccc(Cl)c4)c32)CC1. The number of fused-ring (bicyclic) bond motifs is 1. The fourth-order valence-electron chi connectivity index (χ4n) is 5.37. The van der Waals surface area contributed by atoms with Gasteiger partial charge in [-0.3, -0.25) is 0 Å². The molecule has 1 aliphatic carbocycles. The Balaban J connectivity index is 1.71. The summed E-state index contributed by atoms with van der Waals surface area (Å²) in [4.78, 5) is 14.2. The summed E-state index contributed by atoms with van der Waals surface area (Å²) in [5.41, 5.74) is 9.36. The van der Waals surface area contributed by atoms with Crippen LogP contribution in [0.15, 0.2) is 59.8 Å². The summed E-state index contributed by atoms with van der Waals surface area (Å²) in [6.45, 7) is 4.78. The number of oxime groups is 1. The molecule has 5 N–H and O–H groups in total. The summed E-state index contributed by atoms with van der Waals surface area (Å²) in [7, 11) is 0. The number of hydrogen-bond donors (Lipinski definition) is 4. The molecule has 2 atom stereocenters. The second-order valence-corrected chi connectivity index (χ2v) is 10.9. The van der Waals surface area contributed by atoms with Crippen LogP contribution in [0.4, 0.5) is 5.95 Å². The van der Waals surface area contributed by atoms with Crippen molar-refractivity contribution in [2.24, 2.45) is 22.7 Å². The molecule has 0 aliphatic heterocycles. The highest BCUT2D eigenvalue weighted by molar-refractivity contribution is 6.30. The zero-order chi connectivity index (χ0) is 27.5. The third-order valence-electron chi connectivity index (χ3n) is 7.54. The summed E-state index contributed by atoms with van der Waals surface area (Å²) in [5.74, 6) is 1.61. The number of rotatable bonds is 8. The largest absolute Gasteiger partial charge is 0.409 e. The zero-order valence-corrected chi connectivity index (χ0v) is 22.9. The van der Waals surface area contributed by atoms with Gasteiger partial charge in [0.05, 0.1) is 12.1 Å². The van der Waals surface area contributed by atoms with Crippen LogP contribution in [0, 0.1) is 11.8 Å². The van der Waals surface area contributed by atoms with Crippen molar-refractivity contribution < 1.29 is 10.3 Å². The van der Waals surface area contributed by atoms with E-state index >= 15 is 0 Å². The van der Waals surface area contributed by atoms with Crippen LogP contribution in [0.5, 0.6) is 0 Å². The highest BCUT2D eigenvalue weighted by Gasteiger charge is 2.27. The number of anilines is 1. The fourth-order valence-corrected chi connectivity index (χ4v) is 5.56. The molecule has 0 spiro atoms. The molecule has 0 bridgehead atoms. The van der Waals surface area contributed by atoms with Crippen molar-refractivity contribution in [2.75, 3.05) is 5.32 Å². The molecule has 0 radical (unpaired) electrons. The van der Waals surface area contributed by atoms with Crippen molar-refractivity contribution in [1.82, 2.24) is 19.5 Å². The number of nitrogens with two attached hydrogens (primary N) is 1. The van der Waals surface area contributed by atoms with E-state index in [4.69, 9.17) is 27.3 Å². The van der Waals surface area contributed by atoms with Crippen LogP contribution in [0.1, 0.15) is 57.0 Å². The van der Waals surface area contributed by atoms with E-state index in [2.05, 4.69) is 26.9 Å². The second kappa shape index (κ2) is 11.6. The van der Waals surface area contributed by atoms with E-state index in [0.717, 1.165) is 35.4 Å². The average molecular weight is 548 g/mol. The molecule has 39 heavy (non-hydrogen) atoms. The number of halogens is 1. The van der Waals surface area contributed by atoms with Crippen LogP contribution in [-0.2, 0) is 6.54 Å². The van der Waals surface area contributed by atoms with Crippen LogP contribution in [-0.4, -0.2) is 41.8 Å². The fraction of sp³-hybridized carbons (Fsp3) is 0.379. The predicted molar refractivity (Wildman–Crippen MR) is 154 cm³/mol. The Hall–Kier alpha value is -3.69. The molecule has 2 aromatic carbocycles. The lowest BCUT2D eigenvalue weighted by Crippen LogP contribution is -2.26. The van der Waals surface area contributed by atoms with Gasteiger partial charge < -0.3 is 25.9 Å². The van der Waals surface area contributed by atoms with Crippen molar-refractivity contribution in [3.63, 3.8) is 0 Å². The minimum Gasteiger partial charge on any atom is -0.409 e. The lowest BCUT2D eigenvalue weighted by molar-refractivity contribution is 0.171. The zero-order valence-electron chi connectivity index (χ0n) is 22.1. The molecule has 4 aromatic rings. The lowest BCUT2D eigenvalue weighted by Gasteiger charge is -2.28. The average Bonchev–Trinajstić information content (AvgIpc) is 3.28. The normalized spacial score (nSPS) is 19.6. The van der Waals surface area contributed by atoms with Gasteiger partial charge in [-0.15, -0.1) is 0 Å². The van der Waals surface area contributed by atoms with Gasteiger partial charge in [0.15, 0.2) is 5.65 Å². The highest BCUT2D eigenvalue weighted by atomic mass is 35.5. The number of amidine groups is 1. The number of aromatic nitrogens is 4. The van der Waals surface area contributed by atoms with E-state index in [1.807, 2.05) is 48.5 Å². The number of hydrogen-bond acceptors (Lipinski definition) is 7. The standard InChI is InChI=1S/C29H34ClN7O2/c1-17-11-13-19(14-12-17)16-37-25-24(21-9-6-10-22(30)15-21)32-28(26(31)36-39)34-27(25)35-29(37)33-23(18(2)38)20-7-4-3-5-8-20/h3-10,15,17-19,23,38-39H,11-14,16H2,1-2H3,(H2,31,36)(H,32,33,34,35)/t17?,18-,19?,23-/m0/s1. The lowest BCUT2D eigenvalue weighted by atomic mass is 9.83. The number of aliphatic hydroxyl groups excluding tert-OH is 1. The first-order valence-corrected chi connectivity index (χ1v) is 13.7. The molecular weight excluding hydrogens is 514 g/mol. The van der Waals surface area contributed by atoms with Gasteiger partial charge in [-0.25, -0.2) is 9.97 Å². The van der Waals surface area contributed by atoms with Gasteiger partial charge in [0.1, 0.15) is 11.2 Å². The molecule has 204 valence electrons. The molecule has 5 rings (SSSR count). The Bertz CT molecular complexity index is 1460. The maximum absolute atomic E-state index is 10.8. The third-order valence-corrected chi connectivity index (χ3v) is 7.77. The summed E-state index contributed by atoms with van der Waals surface area (Å²) < 4.78 is 2.13. The van der Waals surface area contributed by atoms with Gasteiger partial charge in [0.2, 0.25) is 17.6 Å². The first-order valence-electron chi connectivity index (χ1n) is 13.4. The Morgan fingerprint density at radius 1 is 1.10 bits per heavy atom. The Kier molecular flexibility index (Phi) is 7.99. The smallest absolute Gasteiger partial charge is 0.208 e. The third kappa shape index (κ3) is 5.84. The summed E-state index contributed by atoms with van der Waals surface area (Å²) in [5, 5.41) is 27.3. The van der Waals surface area contributed by atoms with Gasteiger partial charge >= 0.3 is 0 Å². The maximum Gasteiger partial charge on any atom is 0.208 e. The highest BCUT2D eigenvalue weighted by Crippen LogP contribution is 2.36. The van der Waals surface area contributed by atoms with Crippen molar-refractivity contribution >= 4 is 34.5 Å². The van der Waals surface area contributed by atoms with Gasteiger partial charge in [-0.1, -0.05) is 79.0 Å².